The fraction of sp³-hybridized carbons (Fsp3) is 0.429. The van der Waals surface area contributed by atoms with E-state index >= 15 is 0 Å². The summed E-state index contributed by atoms with van der Waals surface area (Å²) in [6.45, 7) is 3.62. The monoisotopic (exact) mass is 244 g/mol. The summed E-state index contributed by atoms with van der Waals surface area (Å²) >= 11 is 3.02. The third-order valence-corrected chi connectivity index (χ3v) is 1.97. The van der Waals surface area contributed by atoms with Crippen LogP contribution in [0, 0.1) is 13.8 Å². The maximum atomic E-state index is 10.9. The van der Waals surface area contributed by atoms with Crippen LogP contribution in [0.3, 0.4) is 0 Å². The Kier molecular flexibility index (Phi) is 3.30. The van der Waals surface area contributed by atoms with Crippen molar-refractivity contribution >= 4 is 27.8 Å². The van der Waals surface area contributed by atoms with Gasteiger partial charge < -0.3 is 0 Å². The Morgan fingerprint density at radius 3 is 2.62 bits per heavy atom. The van der Waals surface area contributed by atoms with Gasteiger partial charge in [0.2, 0.25) is 11.9 Å². The van der Waals surface area contributed by atoms with E-state index in [1.807, 2.05) is 13.8 Å². The van der Waals surface area contributed by atoms with Crippen molar-refractivity contribution in [3.63, 3.8) is 0 Å². The Labute approximate surface area is 84.1 Å². The van der Waals surface area contributed by atoms with Gasteiger partial charge in [-0.2, -0.15) is 5.10 Å². The van der Waals surface area contributed by atoms with Crippen molar-refractivity contribution in [2.75, 3.05) is 10.6 Å². The first-order valence-corrected chi connectivity index (χ1v) is 4.79. The molecule has 5 nitrogen and oxygen atoms in total. The average molecular weight is 245 g/mol. The van der Waals surface area contributed by atoms with Crippen LogP contribution in [0.15, 0.2) is 0 Å². The zero-order valence-electron chi connectivity index (χ0n) is 7.33. The van der Waals surface area contributed by atoms with Gasteiger partial charge in [-0.1, -0.05) is 15.9 Å². The highest BCUT2D eigenvalue weighted by Crippen LogP contribution is 2.01. The number of aromatic nitrogens is 3. The lowest BCUT2D eigenvalue weighted by Gasteiger charge is -2.01. The summed E-state index contributed by atoms with van der Waals surface area (Å²) in [6, 6.07) is 0. The van der Waals surface area contributed by atoms with Crippen molar-refractivity contribution in [3.05, 3.63) is 11.4 Å². The van der Waals surface area contributed by atoms with E-state index in [1.165, 1.54) is 0 Å². The van der Waals surface area contributed by atoms with Crippen LogP contribution in [0.25, 0.3) is 0 Å². The molecule has 1 amide bonds. The van der Waals surface area contributed by atoms with Gasteiger partial charge >= 0.3 is 0 Å². The normalized spacial score (nSPS) is 9.77. The first kappa shape index (κ1) is 10.0. The first-order chi connectivity index (χ1) is 6.13. The number of halogens is 1. The van der Waals surface area contributed by atoms with E-state index < -0.39 is 0 Å². The van der Waals surface area contributed by atoms with Gasteiger partial charge in [0.1, 0.15) is 0 Å². The quantitative estimate of drug-likeness (QED) is 0.783. The molecule has 70 valence electrons. The topological polar surface area (TPSA) is 67.8 Å². The second kappa shape index (κ2) is 4.27. The highest BCUT2D eigenvalue weighted by atomic mass is 79.9. The zero-order chi connectivity index (χ0) is 9.84. The van der Waals surface area contributed by atoms with E-state index in [0.29, 0.717) is 0 Å². The van der Waals surface area contributed by atoms with E-state index in [4.69, 9.17) is 0 Å². The summed E-state index contributed by atoms with van der Waals surface area (Å²) in [4.78, 5) is 14.9. The molecule has 1 heterocycles. The standard InChI is InChI=1S/C7H9BrN4O/c1-4-5(2)11-12-7(9-4)10-6(13)3-8/h3H2,1-2H3,(H,9,10,12,13). The van der Waals surface area contributed by atoms with E-state index in [9.17, 15) is 4.79 Å². The summed E-state index contributed by atoms with van der Waals surface area (Å²) in [6.07, 6.45) is 0. The number of hydrogen-bond acceptors (Lipinski definition) is 4. The van der Waals surface area contributed by atoms with E-state index in [1.54, 1.807) is 0 Å². The molecule has 0 unspecified atom stereocenters. The summed E-state index contributed by atoms with van der Waals surface area (Å²) in [5.74, 6) is 0.0533. The highest BCUT2D eigenvalue weighted by molar-refractivity contribution is 9.09. The molecule has 6 heteroatoms. The van der Waals surface area contributed by atoms with Gasteiger partial charge in [-0.25, -0.2) is 4.98 Å². The van der Waals surface area contributed by atoms with Crippen LogP contribution >= 0.6 is 15.9 Å². The number of nitrogens with one attached hydrogen (secondary N) is 1. The average Bonchev–Trinajstić information content (AvgIpc) is 2.11. The largest absolute Gasteiger partial charge is 0.292 e. The molecule has 1 aromatic heterocycles. The zero-order valence-corrected chi connectivity index (χ0v) is 8.92. The van der Waals surface area contributed by atoms with Gasteiger partial charge in [0.25, 0.3) is 0 Å². The summed E-state index contributed by atoms with van der Waals surface area (Å²) < 4.78 is 0. The third kappa shape index (κ3) is 2.73. The predicted molar refractivity (Wildman–Crippen MR) is 51.7 cm³/mol. The number of alkyl halides is 1. The molecule has 0 saturated heterocycles. The van der Waals surface area contributed by atoms with Crippen molar-refractivity contribution in [1.82, 2.24) is 15.2 Å². The van der Waals surface area contributed by atoms with Crippen molar-refractivity contribution in [2.45, 2.75) is 13.8 Å². The second-order valence-corrected chi connectivity index (χ2v) is 3.05. The maximum absolute atomic E-state index is 10.9. The van der Waals surface area contributed by atoms with E-state index in [-0.39, 0.29) is 17.2 Å². The van der Waals surface area contributed by atoms with Crippen LogP contribution in [-0.4, -0.2) is 26.4 Å². The van der Waals surface area contributed by atoms with Crippen molar-refractivity contribution in [3.8, 4) is 0 Å². The molecule has 0 aromatic carbocycles. The molecule has 0 bridgehead atoms. The van der Waals surface area contributed by atoms with Gasteiger partial charge in [-0.05, 0) is 13.8 Å². The second-order valence-electron chi connectivity index (χ2n) is 2.49. The van der Waals surface area contributed by atoms with Gasteiger partial charge in [-0.3, -0.25) is 10.1 Å². The Bertz CT molecular complexity index is 328. The van der Waals surface area contributed by atoms with Crippen molar-refractivity contribution < 1.29 is 4.79 Å². The van der Waals surface area contributed by atoms with Gasteiger partial charge in [0.15, 0.2) is 0 Å². The molecule has 0 aliphatic heterocycles. The number of aryl methyl sites for hydroxylation is 2. The molecule has 1 rings (SSSR count). The Balaban J connectivity index is 2.79. The maximum Gasteiger partial charge on any atom is 0.249 e. The number of carbonyl (C=O) groups is 1. The first-order valence-electron chi connectivity index (χ1n) is 3.67. The lowest BCUT2D eigenvalue weighted by molar-refractivity contribution is -0.113. The predicted octanol–water partition coefficient (Wildman–Crippen LogP) is 0.822. The SMILES string of the molecule is Cc1nnc(NC(=O)CBr)nc1C. The van der Waals surface area contributed by atoms with Gasteiger partial charge in [0, 0.05) is 0 Å². The van der Waals surface area contributed by atoms with Crippen LogP contribution < -0.4 is 5.32 Å². The minimum absolute atomic E-state index is 0.190. The molecule has 1 N–H and O–H groups in total. The summed E-state index contributed by atoms with van der Waals surface area (Å²) in [7, 11) is 0. The third-order valence-electron chi connectivity index (χ3n) is 1.46. The highest BCUT2D eigenvalue weighted by Gasteiger charge is 2.04. The van der Waals surface area contributed by atoms with Crippen LogP contribution in [0.4, 0.5) is 5.95 Å². The fourth-order valence-electron chi connectivity index (χ4n) is 0.668. The van der Waals surface area contributed by atoms with Crippen molar-refractivity contribution in [1.29, 1.82) is 0 Å². The Morgan fingerprint density at radius 2 is 2.08 bits per heavy atom. The summed E-state index contributed by atoms with van der Waals surface area (Å²) in [5, 5.41) is 10.3. The molecule has 0 aliphatic rings. The molecule has 0 saturated carbocycles. The van der Waals surface area contributed by atoms with Gasteiger partial charge in [0.05, 0.1) is 16.7 Å². The van der Waals surface area contributed by atoms with Crippen LogP contribution in [0.5, 0.6) is 0 Å². The van der Waals surface area contributed by atoms with Crippen LogP contribution in [0.1, 0.15) is 11.4 Å². The van der Waals surface area contributed by atoms with Crippen molar-refractivity contribution in [2.24, 2.45) is 0 Å². The smallest absolute Gasteiger partial charge is 0.249 e. The lowest BCUT2D eigenvalue weighted by Crippen LogP contribution is -2.16. The molecule has 0 atom stereocenters. The van der Waals surface area contributed by atoms with E-state index in [2.05, 4.69) is 36.4 Å². The molecule has 13 heavy (non-hydrogen) atoms. The number of carbonyl (C=O) groups excluding carboxylic acids is 1. The minimum Gasteiger partial charge on any atom is -0.292 e. The fourth-order valence-corrected chi connectivity index (χ4v) is 0.808. The van der Waals surface area contributed by atoms with Crippen LogP contribution in [0.2, 0.25) is 0 Å². The van der Waals surface area contributed by atoms with Gasteiger partial charge in [-0.15, -0.1) is 5.10 Å². The minimum atomic E-state index is -0.190. The number of hydrogen-bond donors (Lipinski definition) is 1. The van der Waals surface area contributed by atoms with Crippen LogP contribution in [-0.2, 0) is 4.79 Å². The molecule has 1 aromatic rings. The Hall–Kier alpha value is -1.04. The number of amides is 1. The molecule has 0 spiro atoms. The summed E-state index contributed by atoms with van der Waals surface area (Å²) in [5.41, 5.74) is 1.52. The molecule has 0 aliphatic carbocycles. The number of anilines is 1. The molecule has 0 radical (unpaired) electrons. The molecular formula is C7H9BrN4O. The molecule has 0 fully saturated rings. The number of rotatable bonds is 2. The van der Waals surface area contributed by atoms with E-state index in [0.717, 1.165) is 11.4 Å². The number of nitrogens with zero attached hydrogens (tertiary/aromatic N) is 3. The molecular weight excluding hydrogens is 236 g/mol. The Morgan fingerprint density at radius 1 is 1.38 bits per heavy atom. The lowest BCUT2D eigenvalue weighted by atomic mass is 10.4.